The molecule has 0 amide bonds. The van der Waals surface area contributed by atoms with Crippen molar-refractivity contribution in [1.29, 1.82) is 0 Å². The summed E-state index contributed by atoms with van der Waals surface area (Å²) in [6.07, 6.45) is 0. The van der Waals surface area contributed by atoms with Crippen LogP contribution in [0.2, 0.25) is 5.02 Å². The van der Waals surface area contributed by atoms with Crippen LogP contribution in [0.15, 0.2) is 18.2 Å². The molecule has 0 heterocycles. The zero-order valence-corrected chi connectivity index (χ0v) is 9.34. The highest BCUT2D eigenvalue weighted by atomic mass is 35.5. The van der Waals surface area contributed by atoms with Gasteiger partial charge in [-0.1, -0.05) is 11.6 Å². The third-order valence-electron chi connectivity index (χ3n) is 2.19. The molecule has 0 saturated carbocycles. The van der Waals surface area contributed by atoms with E-state index >= 15 is 0 Å². The number of hydrogen-bond acceptors (Lipinski definition) is 3. The maximum atomic E-state index is 13.2. The van der Waals surface area contributed by atoms with Crippen LogP contribution >= 0.6 is 11.6 Å². The van der Waals surface area contributed by atoms with E-state index < -0.39 is 18.6 Å². The summed E-state index contributed by atoms with van der Waals surface area (Å²) >= 11 is 5.69. The number of hydrogen-bond donors (Lipinski definition) is 2. The number of ether oxygens (including phenoxy) is 1. The van der Waals surface area contributed by atoms with E-state index in [0.717, 1.165) is 0 Å². The van der Waals surface area contributed by atoms with E-state index in [2.05, 4.69) is 0 Å². The maximum absolute atomic E-state index is 13.2. The fraction of sp³-hybridized carbons (Fsp3) is 0.400. The Morgan fingerprint density at radius 2 is 2.19 bits per heavy atom. The number of rotatable bonds is 4. The molecule has 0 aliphatic carbocycles. The summed E-state index contributed by atoms with van der Waals surface area (Å²) < 4.78 is 31.3. The predicted octanol–water partition coefficient (Wildman–Crippen LogP) is 1.98. The standard InChI is InChI=1S/C10H12ClF2NO2/c1-16-8-3-2-6(11)4-7(8)9(14)10(12,13)5-15/h2-4,9,15H,5,14H2,1H3/t9-/m1/s1. The van der Waals surface area contributed by atoms with Gasteiger partial charge in [-0.25, -0.2) is 8.78 Å². The van der Waals surface area contributed by atoms with Crippen molar-refractivity contribution in [3.8, 4) is 5.75 Å². The number of nitrogens with two attached hydrogens (primary N) is 1. The quantitative estimate of drug-likeness (QED) is 0.860. The van der Waals surface area contributed by atoms with Crippen molar-refractivity contribution in [2.24, 2.45) is 5.73 Å². The highest BCUT2D eigenvalue weighted by molar-refractivity contribution is 6.30. The Balaban J connectivity index is 3.16. The Hall–Kier alpha value is -0.910. The first-order valence-corrected chi connectivity index (χ1v) is 4.88. The van der Waals surface area contributed by atoms with E-state index in [1.165, 1.54) is 25.3 Å². The van der Waals surface area contributed by atoms with Gasteiger partial charge in [-0.15, -0.1) is 0 Å². The van der Waals surface area contributed by atoms with E-state index in [0.29, 0.717) is 0 Å². The van der Waals surface area contributed by atoms with Gasteiger partial charge >= 0.3 is 0 Å². The molecular formula is C10H12ClF2NO2. The Labute approximate surface area is 96.8 Å². The third-order valence-corrected chi connectivity index (χ3v) is 2.43. The maximum Gasteiger partial charge on any atom is 0.289 e. The second-order valence-electron chi connectivity index (χ2n) is 3.28. The summed E-state index contributed by atoms with van der Waals surface area (Å²) in [7, 11) is 1.34. The predicted molar refractivity (Wildman–Crippen MR) is 57.0 cm³/mol. The fourth-order valence-electron chi connectivity index (χ4n) is 1.27. The number of alkyl halides is 2. The molecule has 0 spiro atoms. The molecule has 0 saturated heterocycles. The minimum atomic E-state index is -3.42. The van der Waals surface area contributed by atoms with E-state index in [1.54, 1.807) is 0 Å². The normalized spacial score (nSPS) is 13.6. The third kappa shape index (κ3) is 2.61. The molecule has 0 aromatic heterocycles. The number of benzene rings is 1. The highest BCUT2D eigenvalue weighted by Gasteiger charge is 2.38. The van der Waals surface area contributed by atoms with E-state index in [4.69, 9.17) is 27.2 Å². The molecule has 0 fully saturated rings. The minimum absolute atomic E-state index is 0.0639. The van der Waals surface area contributed by atoms with Crippen LogP contribution in [-0.4, -0.2) is 24.7 Å². The van der Waals surface area contributed by atoms with Gasteiger partial charge in [0.2, 0.25) is 0 Å². The van der Waals surface area contributed by atoms with Crippen LogP contribution in [0.1, 0.15) is 11.6 Å². The van der Waals surface area contributed by atoms with Gasteiger partial charge in [0.05, 0.1) is 7.11 Å². The molecule has 1 rings (SSSR count). The molecular weight excluding hydrogens is 240 g/mol. The molecule has 90 valence electrons. The largest absolute Gasteiger partial charge is 0.496 e. The summed E-state index contributed by atoms with van der Waals surface area (Å²) in [5.74, 6) is -3.21. The summed E-state index contributed by atoms with van der Waals surface area (Å²) in [6, 6.07) is 2.60. The molecule has 0 aliphatic rings. The van der Waals surface area contributed by atoms with Gasteiger partial charge in [0.15, 0.2) is 0 Å². The summed E-state index contributed by atoms with van der Waals surface area (Å²) in [6.45, 7) is -1.33. The van der Waals surface area contributed by atoms with Crippen LogP contribution in [0.4, 0.5) is 8.78 Å². The Kier molecular flexibility index (Phi) is 4.07. The van der Waals surface area contributed by atoms with E-state index in [-0.39, 0.29) is 16.3 Å². The Bertz CT molecular complexity index is 374. The molecule has 0 bridgehead atoms. The van der Waals surface area contributed by atoms with Crippen LogP contribution < -0.4 is 10.5 Å². The van der Waals surface area contributed by atoms with Crippen molar-refractivity contribution in [3.63, 3.8) is 0 Å². The average molecular weight is 252 g/mol. The molecule has 1 atom stereocenters. The number of halogens is 3. The van der Waals surface area contributed by atoms with Gasteiger partial charge < -0.3 is 15.6 Å². The van der Waals surface area contributed by atoms with Crippen molar-refractivity contribution in [3.05, 3.63) is 28.8 Å². The van der Waals surface area contributed by atoms with Gasteiger partial charge in [-0.2, -0.15) is 0 Å². The second kappa shape index (κ2) is 4.95. The second-order valence-corrected chi connectivity index (χ2v) is 3.72. The first-order valence-electron chi connectivity index (χ1n) is 4.50. The summed E-state index contributed by atoms with van der Waals surface area (Å²) in [5.41, 5.74) is 5.44. The topological polar surface area (TPSA) is 55.5 Å². The lowest BCUT2D eigenvalue weighted by molar-refractivity contribution is -0.0715. The lowest BCUT2D eigenvalue weighted by atomic mass is 10.0. The van der Waals surface area contributed by atoms with Crippen LogP contribution in [-0.2, 0) is 0 Å². The van der Waals surface area contributed by atoms with Gasteiger partial charge in [0, 0.05) is 10.6 Å². The fourth-order valence-corrected chi connectivity index (χ4v) is 1.45. The highest BCUT2D eigenvalue weighted by Crippen LogP contribution is 2.35. The molecule has 16 heavy (non-hydrogen) atoms. The number of aliphatic hydroxyl groups excluding tert-OH is 1. The zero-order valence-electron chi connectivity index (χ0n) is 8.58. The monoisotopic (exact) mass is 251 g/mol. The number of methoxy groups -OCH3 is 1. The van der Waals surface area contributed by atoms with Crippen molar-refractivity contribution >= 4 is 11.6 Å². The summed E-state index contributed by atoms with van der Waals surface area (Å²) in [4.78, 5) is 0. The lowest BCUT2D eigenvalue weighted by Crippen LogP contribution is -2.36. The minimum Gasteiger partial charge on any atom is -0.496 e. The van der Waals surface area contributed by atoms with Crippen molar-refractivity contribution in [2.45, 2.75) is 12.0 Å². The van der Waals surface area contributed by atoms with Gasteiger partial charge in [0.1, 0.15) is 18.4 Å². The Morgan fingerprint density at radius 3 is 2.69 bits per heavy atom. The smallest absolute Gasteiger partial charge is 0.289 e. The first kappa shape index (κ1) is 13.2. The molecule has 0 unspecified atom stereocenters. The van der Waals surface area contributed by atoms with Crippen LogP contribution in [0.3, 0.4) is 0 Å². The molecule has 3 N–H and O–H groups in total. The molecule has 3 nitrogen and oxygen atoms in total. The summed E-state index contributed by atoms with van der Waals surface area (Å²) in [5, 5.41) is 8.83. The van der Waals surface area contributed by atoms with Crippen LogP contribution in [0.25, 0.3) is 0 Å². The lowest BCUT2D eigenvalue weighted by Gasteiger charge is -2.23. The molecule has 6 heteroatoms. The van der Waals surface area contributed by atoms with Crippen LogP contribution in [0, 0.1) is 0 Å². The van der Waals surface area contributed by atoms with Crippen molar-refractivity contribution in [1.82, 2.24) is 0 Å². The van der Waals surface area contributed by atoms with Crippen molar-refractivity contribution in [2.75, 3.05) is 13.7 Å². The molecule has 1 aromatic carbocycles. The molecule has 1 aromatic rings. The van der Waals surface area contributed by atoms with Crippen molar-refractivity contribution < 1.29 is 18.6 Å². The first-order chi connectivity index (χ1) is 7.42. The van der Waals surface area contributed by atoms with E-state index in [1.807, 2.05) is 0 Å². The molecule has 0 aliphatic heterocycles. The number of aliphatic hydroxyl groups is 1. The van der Waals surface area contributed by atoms with Gasteiger partial charge in [-0.05, 0) is 18.2 Å². The van der Waals surface area contributed by atoms with Gasteiger partial charge in [0.25, 0.3) is 5.92 Å². The Morgan fingerprint density at radius 1 is 1.56 bits per heavy atom. The molecule has 0 radical (unpaired) electrons. The average Bonchev–Trinajstić information content (AvgIpc) is 2.28. The zero-order chi connectivity index (χ0) is 12.3. The van der Waals surface area contributed by atoms with Gasteiger partial charge in [-0.3, -0.25) is 0 Å². The SMILES string of the molecule is COc1ccc(Cl)cc1[C@@H](N)C(F)(F)CO. The van der Waals surface area contributed by atoms with E-state index in [9.17, 15) is 8.78 Å². The van der Waals surface area contributed by atoms with Crippen LogP contribution in [0.5, 0.6) is 5.75 Å².